The van der Waals surface area contributed by atoms with Crippen LogP contribution in [0.1, 0.15) is 33.1 Å². The van der Waals surface area contributed by atoms with E-state index in [2.05, 4.69) is 12.2 Å². The number of amides is 2. The van der Waals surface area contributed by atoms with Crippen LogP contribution in [-0.4, -0.2) is 48.4 Å². The molecule has 2 fully saturated rings. The molecule has 0 spiro atoms. The zero-order chi connectivity index (χ0) is 18.0. The first-order valence-electron chi connectivity index (χ1n) is 9.04. The number of hydrogen-bond acceptors (Lipinski definition) is 3. The van der Waals surface area contributed by atoms with Crippen molar-refractivity contribution in [2.75, 3.05) is 24.5 Å². The second-order valence-corrected chi connectivity index (χ2v) is 7.17. The van der Waals surface area contributed by atoms with Gasteiger partial charge in [-0.25, -0.2) is 4.39 Å². The van der Waals surface area contributed by atoms with Gasteiger partial charge in [-0.3, -0.25) is 9.59 Å². The van der Waals surface area contributed by atoms with Crippen LogP contribution in [0, 0.1) is 11.7 Å². The molecule has 2 aliphatic rings. The maximum absolute atomic E-state index is 13.5. The number of nitrogens with zero attached hydrogens (tertiary/aromatic N) is 2. The van der Waals surface area contributed by atoms with E-state index >= 15 is 0 Å². The first-order chi connectivity index (χ1) is 12.0. The van der Waals surface area contributed by atoms with Crippen LogP contribution in [0.2, 0.25) is 0 Å². The largest absolute Gasteiger partial charge is 0.343 e. The number of piperidine rings is 2. The van der Waals surface area contributed by atoms with Crippen molar-refractivity contribution >= 4 is 17.5 Å². The van der Waals surface area contributed by atoms with Gasteiger partial charge >= 0.3 is 0 Å². The van der Waals surface area contributed by atoms with Gasteiger partial charge in [0.2, 0.25) is 11.8 Å². The van der Waals surface area contributed by atoms with Gasteiger partial charge < -0.3 is 15.1 Å². The molecule has 2 amide bonds. The van der Waals surface area contributed by atoms with Crippen LogP contribution >= 0.6 is 0 Å². The number of rotatable bonds is 3. The van der Waals surface area contributed by atoms with Crippen molar-refractivity contribution in [2.45, 2.75) is 45.2 Å². The van der Waals surface area contributed by atoms with E-state index in [0.29, 0.717) is 18.2 Å². The van der Waals surface area contributed by atoms with Crippen molar-refractivity contribution in [3.05, 3.63) is 30.1 Å². The quantitative estimate of drug-likeness (QED) is 0.912. The summed E-state index contributed by atoms with van der Waals surface area (Å²) in [6.07, 6.45) is 2.54. The molecule has 2 aliphatic heterocycles. The molecule has 3 rings (SSSR count). The van der Waals surface area contributed by atoms with E-state index in [1.54, 1.807) is 24.0 Å². The van der Waals surface area contributed by atoms with E-state index < -0.39 is 0 Å². The van der Waals surface area contributed by atoms with Crippen LogP contribution in [0.4, 0.5) is 10.1 Å². The van der Waals surface area contributed by atoms with E-state index in [9.17, 15) is 14.0 Å². The molecule has 0 bridgehead atoms. The van der Waals surface area contributed by atoms with Gasteiger partial charge in [0.1, 0.15) is 5.82 Å². The molecule has 25 heavy (non-hydrogen) atoms. The summed E-state index contributed by atoms with van der Waals surface area (Å²) in [5.74, 6) is 0.0926. The smallest absolute Gasteiger partial charge is 0.244 e. The molecule has 0 aliphatic carbocycles. The summed E-state index contributed by atoms with van der Waals surface area (Å²) in [5, 5.41) is 3.51. The van der Waals surface area contributed by atoms with Crippen molar-refractivity contribution in [1.82, 2.24) is 10.2 Å². The Hall–Kier alpha value is -1.95. The topological polar surface area (TPSA) is 52.7 Å². The van der Waals surface area contributed by atoms with E-state index in [1.807, 2.05) is 4.90 Å². The standard InChI is InChI=1S/C19H26FN3O2/c1-13-12-22(14(2)24)10-8-17(13)21-18-7-4-9-23(19(18)25)16-6-3-5-15(20)11-16/h3,5-6,11,13,17-18,21H,4,7-10,12H2,1-2H3/t13-,17+,18-/m1/s1. The van der Waals surface area contributed by atoms with Crippen LogP contribution in [-0.2, 0) is 9.59 Å². The maximum atomic E-state index is 13.5. The van der Waals surface area contributed by atoms with Gasteiger partial charge in [0.25, 0.3) is 0 Å². The Kier molecular flexibility index (Phi) is 5.37. The van der Waals surface area contributed by atoms with Gasteiger partial charge in [0, 0.05) is 38.3 Å². The monoisotopic (exact) mass is 347 g/mol. The van der Waals surface area contributed by atoms with Gasteiger partial charge in [0.05, 0.1) is 6.04 Å². The Balaban J connectivity index is 1.65. The maximum Gasteiger partial charge on any atom is 0.244 e. The molecule has 1 aromatic rings. The fourth-order valence-corrected chi connectivity index (χ4v) is 3.87. The first kappa shape index (κ1) is 17.9. The highest BCUT2D eigenvalue weighted by atomic mass is 19.1. The molecule has 0 saturated carbocycles. The van der Waals surface area contributed by atoms with Crippen LogP contribution in [0.25, 0.3) is 0 Å². The molecular weight excluding hydrogens is 321 g/mol. The fraction of sp³-hybridized carbons (Fsp3) is 0.579. The van der Waals surface area contributed by atoms with Gasteiger partial charge in [0.15, 0.2) is 0 Å². The number of benzene rings is 1. The van der Waals surface area contributed by atoms with Gasteiger partial charge in [-0.1, -0.05) is 13.0 Å². The van der Waals surface area contributed by atoms with Crippen LogP contribution in [0.15, 0.2) is 24.3 Å². The average Bonchev–Trinajstić information content (AvgIpc) is 2.58. The Morgan fingerprint density at radius 3 is 2.76 bits per heavy atom. The second kappa shape index (κ2) is 7.52. The molecule has 1 N–H and O–H groups in total. The molecular formula is C19H26FN3O2. The van der Waals surface area contributed by atoms with Crippen molar-refractivity contribution in [3.63, 3.8) is 0 Å². The molecule has 2 saturated heterocycles. The van der Waals surface area contributed by atoms with Crippen LogP contribution in [0.3, 0.4) is 0 Å². The average molecular weight is 347 g/mol. The number of likely N-dealkylation sites (tertiary alicyclic amines) is 1. The third-order valence-electron chi connectivity index (χ3n) is 5.32. The molecule has 0 radical (unpaired) electrons. The number of carbonyl (C=O) groups is 2. The minimum absolute atomic E-state index is 0.0121. The zero-order valence-corrected chi connectivity index (χ0v) is 14.9. The minimum atomic E-state index is -0.328. The molecule has 0 unspecified atom stereocenters. The highest BCUT2D eigenvalue weighted by molar-refractivity contribution is 5.97. The molecule has 1 aromatic carbocycles. The van der Waals surface area contributed by atoms with Crippen molar-refractivity contribution in [2.24, 2.45) is 5.92 Å². The van der Waals surface area contributed by atoms with Gasteiger partial charge in [-0.2, -0.15) is 0 Å². The predicted octanol–water partition coefficient (Wildman–Crippen LogP) is 2.17. The third-order valence-corrected chi connectivity index (χ3v) is 5.32. The summed E-state index contributed by atoms with van der Waals surface area (Å²) in [6, 6.07) is 6.18. The Morgan fingerprint density at radius 2 is 2.08 bits per heavy atom. The van der Waals surface area contributed by atoms with E-state index in [4.69, 9.17) is 0 Å². The summed E-state index contributed by atoms with van der Waals surface area (Å²) in [5.41, 5.74) is 0.621. The predicted molar refractivity (Wildman–Crippen MR) is 94.7 cm³/mol. The summed E-state index contributed by atoms with van der Waals surface area (Å²) >= 11 is 0. The molecule has 2 heterocycles. The van der Waals surface area contributed by atoms with Crippen LogP contribution < -0.4 is 10.2 Å². The SMILES string of the molecule is CC(=O)N1CC[C@H](N[C@@H]2CCCN(c3cccc(F)c3)C2=O)[C@H](C)C1. The lowest BCUT2D eigenvalue weighted by Crippen LogP contribution is -2.58. The van der Waals surface area contributed by atoms with Crippen molar-refractivity contribution in [3.8, 4) is 0 Å². The number of nitrogens with one attached hydrogen (secondary N) is 1. The van der Waals surface area contributed by atoms with Crippen molar-refractivity contribution in [1.29, 1.82) is 0 Å². The van der Waals surface area contributed by atoms with Crippen molar-refractivity contribution < 1.29 is 14.0 Å². The van der Waals surface area contributed by atoms with Gasteiger partial charge in [-0.15, -0.1) is 0 Å². The number of halogens is 1. The first-order valence-corrected chi connectivity index (χ1v) is 9.04. The molecule has 136 valence electrons. The Morgan fingerprint density at radius 1 is 1.28 bits per heavy atom. The summed E-state index contributed by atoms with van der Waals surface area (Å²) < 4.78 is 13.5. The molecule has 0 aromatic heterocycles. The lowest BCUT2D eigenvalue weighted by molar-refractivity contribution is -0.131. The molecule has 3 atom stereocenters. The number of carbonyl (C=O) groups excluding carboxylic acids is 2. The highest BCUT2D eigenvalue weighted by Gasteiger charge is 2.34. The normalized spacial score (nSPS) is 27.5. The summed E-state index contributed by atoms with van der Waals surface area (Å²) in [7, 11) is 0. The molecule has 6 heteroatoms. The minimum Gasteiger partial charge on any atom is -0.343 e. The fourth-order valence-electron chi connectivity index (χ4n) is 3.87. The highest BCUT2D eigenvalue weighted by Crippen LogP contribution is 2.24. The zero-order valence-electron chi connectivity index (χ0n) is 14.9. The van der Waals surface area contributed by atoms with E-state index in [1.165, 1.54) is 12.1 Å². The number of hydrogen-bond donors (Lipinski definition) is 1. The Labute approximate surface area is 148 Å². The van der Waals surface area contributed by atoms with Gasteiger partial charge in [-0.05, 0) is 43.4 Å². The summed E-state index contributed by atoms with van der Waals surface area (Å²) in [6.45, 7) is 5.79. The molecule has 5 nitrogen and oxygen atoms in total. The lowest BCUT2D eigenvalue weighted by atomic mass is 9.91. The second-order valence-electron chi connectivity index (χ2n) is 7.17. The number of anilines is 1. The Bertz CT molecular complexity index is 651. The van der Waals surface area contributed by atoms with Crippen LogP contribution in [0.5, 0.6) is 0 Å². The lowest BCUT2D eigenvalue weighted by Gasteiger charge is -2.40. The van der Waals surface area contributed by atoms with E-state index in [-0.39, 0.29) is 29.7 Å². The van der Waals surface area contributed by atoms with E-state index in [0.717, 1.165) is 32.4 Å². The summed E-state index contributed by atoms with van der Waals surface area (Å²) in [4.78, 5) is 27.9. The third kappa shape index (κ3) is 4.00.